The summed E-state index contributed by atoms with van der Waals surface area (Å²) < 4.78 is 8.14. The van der Waals surface area contributed by atoms with Gasteiger partial charge in [-0.15, -0.1) is 0 Å². The van der Waals surface area contributed by atoms with Crippen LogP contribution in [0.1, 0.15) is 40.2 Å². The van der Waals surface area contributed by atoms with Gasteiger partial charge in [-0.05, 0) is 74.2 Å². The topological polar surface area (TPSA) is 69.0 Å². The maximum absolute atomic E-state index is 12.4. The van der Waals surface area contributed by atoms with Crippen LogP contribution in [0, 0.1) is 13.8 Å². The number of benzene rings is 2. The molecule has 2 aromatic carbocycles. The zero-order valence-corrected chi connectivity index (χ0v) is 18.5. The van der Waals surface area contributed by atoms with Crippen LogP contribution >= 0.6 is 0 Å². The van der Waals surface area contributed by atoms with Crippen molar-refractivity contribution in [3.63, 3.8) is 0 Å². The molecule has 0 spiro atoms. The summed E-state index contributed by atoms with van der Waals surface area (Å²) in [5, 5.41) is 2.96. The SMILES string of the molecule is Cc1cc(C)cc(OCCCCn2c(CNC(=O)c3cccnc3)nc3ccccc32)c1. The number of ether oxygens (including phenoxy) is 1. The number of carbonyl (C=O) groups excluding carboxylic acids is 1. The van der Waals surface area contributed by atoms with Gasteiger partial charge in [0, 0.05) is 18.9 Å². The molecule has 1 amide bonds. The largest absolute Gasteiger partial charge is 0.494 e. The van der Waals surface area contributed by atoms with Crippen LogP contribution in [0.5, 0.6) is 5.75 Å². The second-order valence-corrected chi connectivity index (χ2v) is 7.97. The van der Waals surface area contributed by atoms with E-state index in [1.807, 2.05) is 18.2 Å². The van der Waals surface area contributed by atoms with Crippen molar-refractivity contribution in [2.45, 2.75) is 39.8 Å². The maximum atomic E-state index is 12.4. The van der Waals surface area contributed by atoms with Crippen molar-refractivity contribution in [3.05, 3.63) is 89.5 Å². The number of nitrogens with zero attached hydrogens (tertiary/aromatic N) is 3. The first kappa shape index (κ1) is 21.6. The summed E-state index contributed by atoms with van der Waals surface area (Å²) in [5.41, 5.74) is 4.97. The highest BCUT2D eigenvalue weighted by atomic mass is 16.5. The molecule has 4 aromatic rings. The maximum Gasteiger partial charge on any atom is 0.253 e. The summed E-state index contributed by atoms with van der Waals surface area (Å²) in [4.78, 5) is 21.2. The fraction of sp³-hybridized carbons (Fsp3) is 0.269. The Hall–Kier alpha value is -3.67. The Labute approximate surface area is 188 Å². The second kappa shape index (κ2) is 10.1. The Morgan fingerprint density at radius 3 is 2.62 bits per heavy atom. The van der Waals surface area contributed by atoms with Gasteiger partial charge in [-0.3, -0.25) is 9.78 Å². The number of para-hydroxylation sites is 2. The predicted octanol–water partition coefficient (Wildman–Crippen LogP) is 4.84. The van der Waals surface area contributed by atoms with Crippen LogP contribution < -0.4 is 10.1 Å². The highest BCUT2D eigenvalue weighted by molar-refractivity contribution is 5.93. The molecule has 32 heavy (non-hydrogen) atoms. The third-order valence-electron chi connectivity index (χ3n) is 5.30. The molecule has 1 N–H and O–H groups in total. The highest BCUT2D eigenvalue weighted by Crippen LogP contribution is 2.19. The summed E-state index contributed by atoms with van der Waals surface area (Å²) in [6.45, 7) is 6.01. The van der Waals surface area contributed by atoms with Gasteiger partial charge in [-0.25, -0.2) is 4.98 Å². The number of nitrogens with one attached hydrogen (secondary N) is 1. The number of pyridine rings is 1. The number of unbranched alkanes of at least 4 members (excludes halogenated alkanes) is 1. The van der Waals surface area contributed by atoms with E-state index in [0.717, 1.165) is 42.0 Å². The van der Waals surface area contributed by atoms with Crippen molar-refractivity contribution in [1.82, 2.24) is 19.9 Å². The standard InChI is InChI=1S/C26H28N4O2/c1-19-14-20(2)16-22(15-19)32-13-6-5-12-30-24-10-4-3-9-23(24)29-25(30)18-28-26(31)21-8-7-11-27-17-21/h3-4,7-11,14-17H,5-6,12-13,18H2,1-2H3,(H,28,31). The van der Waals surface area contributed by atoms with Gasteiger partial charge in [0.2, 0.25) is 0 Å². The Balaban J connectivity index is 1.37. The molecule has 0 fully saturated rings. The number of aromatic nitrogens is 3. The third kappa shape index (κ3) is 5.32. The molecule has 0 saturated carbocycles. The number of aryl methyl sites for hydroxylation is 3. The van der Waals surface area contributed by atoms with Crippen LogP contribution in [0.15, 0.2) is 67.0 Å². The minimum absolute atomic E-state index is 0.154. The molecule has 0 aliphatic rings. The van der Waals surface area contributed by atoms with Gasteiger partial charge in [0.15, 0.2) is 0 Å². The smallest absolute Gasteiger partial charge is 0.253 e. The molecular formula is C26H28N4O2. The minimum Gasteiger partial charge on any atom is -0.494 e. The average Bonchev–Trinajstić information content (AvgIpc) is 3.14. The first-order valence-electron chi connectivity index (χ1n) is 10.9. The van der Waals surface area contributed by atoms with Crippen molar-refractivity contribution in [3.8, 4) is 5.75 Å². The average molecular weight is 429 g/mol. The number of hydrogen-bond donors (Lipinski definition) is 1. The Bertz CT molecular complexity index is 1180. The molecule has 6 nitrogen and oxygen atoms in total. The van der Waals surface area contributed by atoms with Crippen molar-refractivity contribution < 1.29 is 9.53 Å². The lowest BCUT2D eigenvalue weighted by Gasteiger charge is -2.11. The monoisotopic (exact) mass is 428 g/mol. The predicted molar refractivity (Wildman–Crippen MR) is 126 cm³/mol. The van der Waals surface area contributed by atoms with E-state index in [1.165, 1.54) is 11.1 Å². The van der Waals surface area contributed by atoms with Crippen molar-refractivity contribution in [2.75, 3.05) is 6.61 Å². The van der Waals surface area contributed by atoms with Crippen molar-refractivity contribution in [1.29, 1.82) is 0 Å². The fourth-order valence-corrected chi connectivity index (χ4v) is 3.85. The lowest BCUT2D eigenvalue weighted by molar-refractivity contribution is 0.0949. The van der Waals surface area contributed by atoms with E-state index in [9.17, 15) is 4.79 Å². The quantitative estimate of drug-likeness (QED) is 0.388. The molecule has 0 aliphatic carbocycles. The number of fused-ring (bicyclic) bond motifs is 1. The van der Waals surface area contributed by atoms with Crippen LogP contribution in [0.25, 0.3) is 11.0 Å². The molecule has 2 heterocycles. The van der Waals surface area contributed by atoms with Crippen molar-refractivity contribution in [2.24, 2.45) is 0 Å². The van der Waals surface area contributed by atoms with E-state index in [4.69, 9.17) is 9.72 Å². The number of imidazole rings is 1. The molecular weight excluding hydrogens is 400 g/mol. The van der Waals surface area contributed by atoms with Crippen LogP contribution in [0.2, 0.25) is 0 Å². The van der Waals surface area contributed by atoms with Crippen LogP contribution in [-0.4, -0.2) is 27.0 Å². The third-order valence-corrected chi connectivity index (χ3v) is 5.30. The molecule has 164 valence electrons. The van der Waals surface area contributed by atoms with Gasteiger partial charge in [-0.2, -0.15) is 0 Å². The van der Waals surface area contributed by atoms with E-state index < -0.39 is 0 Å². The number of rotatable bonds is 9. The number of hydrogen-bond acceptors (Lipinski definition) is 4. The van der Waals surface area contributed by atoms with Crippen LogP contribution in [0.4, 0.5) is 0 Å². The highest BCUT2D eigenvalue weighted by Gasteiger charge is 2.12. The molecule has 0 saturated heterocycles. The van der Waals surface area contributed by atoms with Gasteiger partial charge in [0.25, 0.3) is 5.91 Å². The molecule has 2 aromatic heterocycles. The molecule has 6 heteroatoms. The summed E-state index contributed by atoms with van der Waals surface area (Å²) in [6, 6.07) is 17.9. The van der Waals surface area contributed by atoms with E-state index in [-0.39, 0.29) is 5.91 Å². The Kier molecular flexibility index (Phi) is 6.80. The van der Waals surface area contributed by atoms with Gasteiger partial charge in [-0.1, -0.05) is 18.2 Å². The molecule has 0 radical (unpaired) electrons. The Morgan fingerprint density at radius 1 is 1.03 bits per heavy atom. The normalized spacial score (nSPS) is 10.9. The molecule has 0 unspecified atom stereocenters. The van der Waals surface area contributed by atoms with Gasteiger partial charge >= 0.3 is 0 Å². The molecule has 0 atom stereocenters. The zero-order valence-electron chi connectivity index (χ0n) is 18.5. The van der Waals surface area contributed by atoms with Gasteiger partial charge < -0.3 is 14.6 Å². The van der Waals surface area contributed by atoms with Crippen molar-refractivity contribution >= 4 is 16.9 Å². The minimum atomic E-state index is -0.154. The zero-order chi connectivity index (χ0) is 22.3. The Morgan fingerprint density at radius 2 is 1.84 bits per heavy atom. The van der Waals surface area contributed by atoms with Crippen LogP contribution in [-0.2, 0) is 13.1 Å². The lowest BCUT2D eigenvalue weighted by Crippen LogP contribution is -2.25. The number of amides is 1. The van der Waals surface area contributed by atoms with E-state index in [2.05, 4.69) is 53.0 Å². The molecule has 4 rings (SSSR count). The first-order valence-corrected chi connectivity index (χ1v) is 10.9. The second-order valence-electron chi connectivity index (χ2n) is 7.97. The van der Waals surface area contributed by atoms with Crippen LogP contribution in [0.3, 0.4) is 0 Å². The van der Waals surface area contributed by atoms with E-state index in [0.29, 0.717) is 18.7 Å². The molecule has 0 bridgehead atoms. The fourth-order valence-electron chi connectivity index (χ4n) is 3.85. The number of carbonyl (C=O) groups is 1. The lowest BCUT2D eigenvalue weighted by atomic mass is 10.1. The summed E-state index contributed by atoms with van der Waals surface area (Å²) in [7, 11) is 0. The summed E-state index contributed by atoms with van der Waals surface area (Å²) >= 11 is 0. The molecule has 0 aliphatic heterocycles. The first-order chi connectivity index (χ1) is 15.6. The summed E-state index contributed by atoms with van der Waals surface area (Å²) in [5.74, 6) is 1.62. The van der Waals surface area contributed by atoms with E-state index in [1.54, 1.807) is 24.5 Å². The van der Waals surface area contributed by atoms with Gasteiger partial charge in [0.05, 0.1) is 29.7 Å². The van der Waals surface area contributed by atoms with E-state index >= 15 is 0 Å². The van der Waals surface area contributed by atoms with Gasteiger partial charge in [0.1, 0.15) is 11.6 Å². The summed E-state index contributed by atoms with van der Waals surface area (Å²) in [6.07, 6.45) is 5.10.